The van der Waals surface area contributed by atoms with Crippen molar-refractivity contribution >= 4 is 17.7 Å². The minimum Gasteiger partial charge on any atom is -0.480 e. The zero-order valence-corrected chi connectivity index (χ0v) is 10.5. The van der Waals surface area contributed by atoms with E-state index in [1.165, 1.54) is 31.4 Å². The van der Waals surface area contributed by atoms with E-state index in [0.29, 0.717) is 6.04 Å². The van der Waals surface area contributed by atoms with Crippen molar-refractivity contribution in [1.29, 1.82) is 0 Å². The smallest absolute Gasteiger partial charge is 0.320 e. The number of carboxylic acids is 1. The number of likely N-dealkylation sites (tertiary alicyclic amines) is 1. The summed E-state index contributed by atoms with van der Waals surface area (Å²) in [6.07, 6.45) is 6.73. The van der Waals surface area contributed by atoms with Gasteiger partial charge in [-0.05, 0) is 38.0 Å². The van der Waals surface area contributed by atoms with Gasteiger partial charge in [0.15, 0.2) is 0 Å². The molecule has 2 atom stereocenters. The molecule has 2 rings (SSSR count). The van der Waals surface area contributed by atoms with Gasteiger partial charge in [0, 0.05) is 11.8 Å². The van der Waals surface area contributed by atoms with Gasteiger partial charge in [0.1, 0.15) is 6.04 Å². The Morgan fingerprint density at radius 3 is 2.75 bits per heavy atom. The fourth-order valence-corrected chi connectivity index (χ4v) is 3.99. The maximum atomic E-state index is 11.3. The lowest BCUT2D eigenvalue weighted by Gasteiger charge is -2.36. The Kier molecular flexibility index (Phi) is 4.53. The number of rotatable bonds is 2. The van der Waals surface area contributed by atoms with E-state index in [1.807, 2.05) is 11.8 Å². The molecule has 2 saturated heterocycles. The van der Waals surface area contributed by atoms with E-state index < -0.39 is 5.97 Å². The molecule has 0 aromatic rings. The zero-order valence-electron chi connectivity index (χ0n) is 9.73. The first-order chi connectivity index (χ1) is 7.79. The van der Waals surface area contributed by atoms with Crippen molar-refractivity contribution in [2.24, 2.45) is 0 Å². The SMILES string of the molecule is O=C(O)C1CCCCCN1C1CCCSC1. The van der Waals surface area contributed by atoms with Crippen LogP contribution in [0.15, 0.2) is 0 Å². The molecular weight excluding hydrogens is 222 g/mol. The second kappa shape index (κ2) is 5.92. The number of aliphatic carboxylic acids is 1. The second-order valence-electron chi connectivity index (χ2n) is 4.81. The third-order valence-electron chi connectivity index (χ3n) is 3.68. The third kappa shape index (κ3) is 2.92. The Morgan fingerprint density at radius 1 is 1.19 bits per heavy atom. The molecule has 0 amide bonds. The molecule has 0 saturated carbocycles. The molecule has 2 aliphatic rings. The maximum Gasteiger partial charge on any atom is 0.320 e. The van der Waals surface area contributed by atoms with Crippen LogP contribution in [0.25, 0.3) is 0 Å². The standard InChI is InChI=1S/C12H21NO2S/c14-12(15)11-6-2-1-3-7-13(11)10-5-4-8-16-9-10/h10-11H,1-9H2,(H,14,15). The van der Waals surface area contributed by atoms with Gasteiger partial charge in [0.05, 0.1) is 0 Å². The van der Waals surface area contributed by atoms with Gasteiger partial charge in [0.25, 0.3) is 0 Å². The van der Waals surface area contributed by atoms with E-state index in [1.54, 1.807) is 0 Å². The molecule has 0 aromatic heterocycles. The highest BCUT2D eigenvalue weighted by Crippen LogP contribution is 2.27. The summed E-state index contributed by atoms with van der Waals surface area (Å²) in [6.45, 7) is 0.988. The quantitative estimate of drug-likeness (QED) is 0.807. The van der Waals surface area contributed by atoms with Gasteiger partial charge in [-0.25, -0.2) is 0 Å². The van der Waals surface area contributed by atoms with Crippen LogP contribution in [0.1, 0.15) is 38.5 Å². The lowest BCUT2D eigenvalue weighted by atomic mass is 10.1. The van der Waals surface area contributed by atoms with E-state index in [4.69, 9.17) is 0 Å². The first-order valence-electron chi connectivity index (χ1n) is 6.35. The minimum atomic E-state index is -0.613. The largest absolute Gasteiger partial charge is 0.480 e. The Morgan fingerprint density at radius 2 is 2.06 bits per heavy atom. The van der Waals surface area contributed by atoms with Crippen molar-refractivity contribution in [2.45, 2.75) is 50.6 Å². The van der Waals surface area contributed by atoms with Crippen molar-refractivity contribution in [3.8, 4) is 0 Å². The monoisotopic (exact) mass is 243 g/mol. The van der Waals surface area contributed by atoms with Crippen LogP contribution >= 0.6 is 11.8 Å². The first kappa shape index (κ1) is 12.2. The fourth-order valence-electron chi connectivity index (χ4n) is 2.82. The molecule has 0 spiro atoms. The molecular formula is C12H21NO2S. The summed E-state index contributed by atoms with van der Waals surface area (Å²) in [6, 6.07) is 0.296. The van der Waals surface area contributed by atoms with Crippen LogP contribution in [-0.4, -0.2) is 46.1 Å². The maximum absolute atomic E-state index is 11.3. The minimum absolute atomic E-state index is 0.216. The lowest BCUT2D eigenvalue weighted by molar-refractivity contribution is -0.144. The molecule has 0 bridgehead atoms. The first-order valence-corrected chi connectivity index (χ1v) is 7.51. The van der Waals surface area contributed by atoms with Crippen molar-refractivity contribution in [1.82, 2.24) is 4.90 Å². The number of hydrogen-bond acceptors (Lipinski definition) is 3. The molecule has 0 aromatic carbocycles. The van der Waals surface area contributed by atoms with Crippen LogP contribution in [0.4, 0.5) is 0 Å². The topological polar surface area (TPSA) is 40.5 Å². The second-order valence-corrected chi connectivity index (χ2v) is 5.96. The molecule has 2 aliphatic heterocycles. The average molecular weight is 243 g/mol. The normalized spacial score (nSPS) is 33.2. The zero-order chi connectivity index (χ0) is 11.4. The Balaban J connectivity index is 2.03. The van der Waals surface area contributed by atoms with Crippen molar-refractivity contribution in [3.05, 3.63) is 0 Å². The van der Waals surface area contributed by atoms with Crippen LogP contribution in [0, 0.1) is 0 Å². The van der Waals surface area contributed by atoms with Gasteiger partial charge < -0.3 is 5.11 Å². The highest BCUT2D eigenvalue weighted by molar-refractivity contribution is 7.99. The van der Waals surface area contributed by atoms with E-state index in [9.17, 15) is 9.90 Å². The Hall–Kier alpha value is -0.220. The molecule has 2 heterocycles. The summed E-state index contributed by atoms with van der Waals surface area (Å²) >= 11 is 1.98. The predicted molar refractivity (Wildman–Crippen MR) is 66.9 cm³/mol. The van der Waals surface area contributed by atoms with Gasteiger partial charge in [-0.2, -0.15) is 11.8 Å². The molecule has 4 heteroatoms. The molecule has 92 valence electrons. The number of nitrogens with zero attached hydrogens (tertiary/aromatic N) is 1. The molecule has 0 aliphatic carbocycles. The van der Waals surface area contributed by atoms with Crippen LogP contribution in [-0.2, 0) is 4.79 Å². The summed E-state index contributed by atoms with van der Waals surface area (Å²) < 4.78 is 0. The van der Waals surface area contributed by atoms with Gasteiger partial charge in [-0.3, -0.25) is 9.69 Å². The third-order valence-corrected chi connectivity index (χ3v) is 4.88. The molecule has 16 heavy (non-hydrogen) atoms. The predicted octanol–water partition coefficient (Wildman–Crippen LogP) is 2.21. The van der Waals surface area contributed by atoms with Gasteiger partial charge in [-0.1, -0.05) is 12.8 Å². The van der Waals surface area contributed by atoms with Crippen molar-refractivity contribution < 1.29 is 9.90 Å². The number of carbonyl (C=O) groups is 1. The van der Waals surface area contributed by atoms with E-state index in [2.05, 4.69) is 4.90 Å². The van der Waals surface area contributed by atoms with Crippen LogP contribution in [0.3, 0.4) is 0 Å². The van der Waals surface area contributed by atoms with Crippen LogP contribution < -0.4 is 0 Å². The molecule has 2 unspecified atom stereocenters. The van der Waals surface area contributed by atoms with Gasteiger partial charge >= 0.3 is 5.97 Å². The van der Waals surface area contributed by atoms with E-state index in [0.717, 1.165) is 25.1 Å². The summed E-state index contributed by atoms with van der Waals surface area (Å²) in [5.74, 6) is 1.77. The summed E-state index contributed by atoms with van der Waals surface area (Å²) in [7, 11) is 0. The number of carboxylic acid groups (broad SMARTS) is 1. The lowest BCUT2D eigenvalue weighted by Crippen LogP contribution is -2.49. The molecule has 1 N–H and O–H groups in total. The summed E-state index contributed by atoms with van der Waals surface area (Å²) in [5, 5.41) is 9.32. The van der Waals surface area contributed by atoms with E-state index in [-0.39, 0.29) is 6.04 Å². The van der Waals surface area contributed by atoms with Crippen LogP contribution in [0.2, 0.25) is 0 Å². The number of thioether (sulfide) groups is 1. The Labute approximate surface area is 102 Å². The Bertz CT molecular complexity index is 241. The fraction of sp³-hybridized carbons (Fsp3) is 0.917. The average Bonchev–Trinajstić information content (AvgIpc) is 2.55. The highest BCUT2D eigenvalue weighted by Gasteiger charge is 2.32. The molecule has 2 fully saturated rings. The van der Waals surface area contributed by atoms with E-state index >= 15 is 0 Å². The number of hydrogen-bond donors (Lipinski definition) is 1. The van der Waals surface area contributed by atoms with Gasteiger partial charge in [-0.15, -0.1) is 0 Å². The molecule has 0 radical (unpaired) electrons. The van der Waals surface area contributed by atoms with Gasteiger partial charge in [0.2, 0.25) is 0 Å². The summed E-state index contributed by atoms with van der Waals surface area (Å²) in [4.78, 5) is 13.6. The molecule has 3 nitrogen and oxygen atoms in total. The summed E-state index contributed by atoms with van der Waals surface area (Å²) in [5.41, 5.74) is 0. The van der Waals surface area contributed by atoms with Crippen molar-refractivity contribution in [2.75, 3.05) is 18.1 Å². The van der Waals surface area contributed by atoms with Crippen LogP contribution in [0.5, 0.6) is 0 Å². The van der Waals surface area contributed by atoms with Crippen molar-refractivity contribution in [3.63, 3.8) is 0 Å². The highest BCUT2D eigenvalue weighted by atomic mass is 32.2.